The average molecular weight is 349 g/mol. The predicted octanol–water partition coefficient (Wildman–Crippen LogP) is 3.19. The number of aromatic nitrogens is 3. The first-order valence-electron chi connectivity index (χ1n) is 8.31. The Morgan fingerprint density at radius 1 is 1.00 bits per heavy atom. The molecule has 0 saturated carbocycles. The van der Waals surface area contributed by atoms with Gasteiger partial charge in [0.2, 0.25) is 0 Å². The van der Waals surface area contributed by atoms with Gasteiger partial charge in [0.1, 0.15) is 0 Å². The number of hydrogen-bond donors (Lipinski definition) is 2. The van der Waals surface area contributed by atoms with Crippen LogP contribution < -0.4 is 10.6 Å². The molecular weight excluding hydrogens is 330 g/mol. The number of carbonyl (C=O) groups excluding carboxylic acids is 2. The van der Waals surface area contributed by atoms with Gasteiger partial charge in [-0.1, -0.05) is 13.0 Å². The Hall–Kier alpha value is -3.48. The second-order valence-corrected chi connectivity index (χ2v) is 5.72. The molecule has 2 N–H and O–H groups in total. The van der Waals surface area contributed by atoms with Crippen molar-refractivity contribution in [2.75, 3.05) is 10.6 Å². The minimum atomic E-state index is -0.265. The second-order valence-electron chi connectivity index (χ2n) is 5.72. The number of nitrogens with one attached hydrogen (secondary N) is 2. The minimum absolute atomic E-state index is 0.261. The van der Waals surface area contributed by atoms with E-state index in [0.29, 0.717) is 22.5 Å². The van der Waals surface area contributed by atoms with Gasteiger partial charge in [0, 0.05) is 42.1 Å². The summed E-state index contributed by atoms with van der Waals surface area (Å²) in [6.45, 7) is 2.81. The van der Waals surface area contributed by atoms with Crippen LogP contribution in [-0.2, 0) is 6.54 Å². The number of rotatable bonds is 6. The van der Waals surface area contributed by atoms with Crippen LogP contribution in [-0.4, -0.2) is 26.6 Å². The third-order valence-electron chi connectivity index (χ3n) is 3.67. The first-order chi connectivity index (χ1) is 12.7. The number of nitrogens with zero attached hydrogens (tertiary/aromatic N) is 3. The van der Waals surface area contributed by atoms with Crippen LogP contribution in [0.15, 0.2) is 61.2 Å². The van der Waals surface area contributed by atoms with Crippen LogP contribution in [0.25, 0.3) is 0 Å². The number of aryl methyl sites for hydroxylation is 1. The second kappa shape index (κ2) is 8.06. The van der Waals surface area contributed by atoms with E-state index in [1.165, 1.54) is 6.20 Å². The molecule has 2 heterocycles. The normalized spacial score (nSPS) is 10.3. The summed E-state index contributed by atoms with van der Waals surface area (Å²) in [5, 5.41) is 9.72. The van der Waals surface area contributed by atoms with Crippen molar-refractivity contribution >= 4 is 23.2 Å². The molecule has 0 aliphatic carbocycles. The van der Waals surface area contributed by atoms with Gasteiger partial charge < -0.3 is 10.6 Å². The number of amides is 2. The Morgan fingerprint density at radius 2 is 1.73 bits per heavy atom. The van der Waals surface area contributed by atoms with Crippen LogP contribution in [0.4, 0.5) is 11.4 Å². The SMILES string of the molecule is CCCn1cc(C(=O)Nc2cccc(C(=O)Nc3ccncc3)c2)cn1. The molecule has 3 rings (SSSR count). The molecule has 7 nitrogen and oxygen atoms in total. The maximum atomic E-state index is 12.3. The highest BCUT2D eigenvalue weighted by molar-refractivity contribution is 6.07. The van der Waals surface area contributed by atoms with E-state index in [1.54, 1.807) is 59.7 Å². The number of benzene rings is 1. The zero-order valence-electron chi connectivity index (χ0n) is 14.3. The largest absolute Gasteiger partial charge is 0.322 e. The van der Waals surface area contributed by atoms with Gasteiger partial charge >= 0.3 is 0 Å². The Kier molecular flexibility index (Phi) is 5.38. The Balaban J connectivity index is 1.68. The van der Waals surface area contributed by atoms with Gasteiger partial charge in [-0.15, -0.1) is 0 Å². The average Bonchev–Trinajstić information content (AvgIpc) is 3.12. The Morgan fingerprint density at radius 3 is 2.50 bits per heavy atom. The van der Waals surface area contributed by atoms with E-state index < -0.39 is 0 Å². The molecule has 132 valence electrons. The fourth-order valence-corrected chi connectivity index (χ4v) is 2.41. The third-order valence-corrected chi connectivity index (χ3v) is 3.67. The van der Waals surface area contributed by atoms with Crippen molar-refractivity contribution < 1.29 is 9.59 Å². The molecule has 26 heavy (non-hydrogen) atoms. The molecule has 0 atom stereocenters. The standard InChI is InChI=1S/C19H19N5O2/c1-2-10-24-13-15(12-21-24)19(26)23-17-5-3-4-14(11-17)18(25)22-16-6-8-20-9-7-16/h3-9,11-13H,2,10H2,1H3,(H,23,26)(H,20,22,25). The number of anilines is 2. The molecular formula is C19H19N5O2. The number of carbonyl (C=O) groups is 2. The van der Waals surface area contributed by atoms with E-state index in [0.717, 1.165) is 13.0 Å². The Bertz CT molecular complexity index is 905. The molecule has 0 fully saturated rings. The summed E-state index contributed by atoms with van der Waals surface area (Å²) >= 11 is 0. The lowest BCUT2D eigenvalue weighted by atomic mass is 10.1. The molecule has 2 aromatic heterocycles. The molecule has 1 aromatic carbocycles. The minimum Gasteiger partial charge on any atom is -0.322 e. The van der Waals surface area contributed by atoms with Crippen molar-refractivity contribution in [2.45, 2.75) is 19.9 Å². The lowest BCUT2D eigenvalue weighted by Crippen LogP contribution is -2.14. The van der Waals surface area contributed by atoms with E-state index in [-0.39, 0.29) is 11.8 Å². The summed E-state index contributed by atoms with van der Waals surface area (Å²) < 4.78 is 1.73. The van der Waals surface area contributed by atoms with Crippen LogP contribution in [0.2, 0.25) is 0 Å². The maximum Gasteiger partial charge on any atom is 0.258 e. The van der Waals surface area contributed by atoms with Gasteiger partial charge in [-0.25, -0.2) is 0 Å². The summed E-state index contributed by atoms with van der Waals surface area (Å²) in [5.74, 6) is -0.526. The topological polar surface area (TPSA) is 88.9 Å². The Labute approximate surface area is 151 Å². The van der Waals surface area contributed by atoms with Crippen molar-refractivity contribution in [1.82, 2.24) is 14.8 Å². The molecule has 0 saturated heterocycles. The van der Waals surface area contributed by atoms with Crippen molar-refractivity contribution in [1.29, 1.82) is 0 Å². The lowest BCUT2D eigenvalue weighted by molar-refractivity contribution is 0.101. The van der Waals surface area contributed by atoms with Crippen molar-refractivity contribution in [3.05, 3.63) is 72.3 Å². The number of hydrogen-bond acceptors (Lipinski definition) is 4. The smallest absolute Gasteiger partial charge is 0.258 e. The monoisotopic (exact) mass is 349 g/mol. The lowest BCUT2D eigenvalue weighted by Gasteiger charge is -2.08. The first kappa shape index (κ1) is 17.3. The summed E-state index contributed by atoms with van der Waals surface area (Å²) in [4.78, 5) is 28.6. The van der Waals surface area contributed by atoms with Crippen LogP contribution in [0.5, 0.6) is 0 Å². The molecule has 0 bridgehead atoms. The fraction of sp³-hybridized carbons (Fsp3) is 0.158. The van der Waals surface area contributed by atoms with Crippen molar-refractivity contribution in [3.8, 4) is 0 Å². The molecule has 0 aliphatic rings. The van der Waals surface area contributed by atoms with Crippen molar-refractivity contribution in [3.63, 3.8) is 0 Å². The summed E-state index contributed by atoms with van der Waals surface area (Å²) in [5.41, 5.74) is 2.12. The molecule has 7 heteroatoms. The summed E-state index contributed by atoms with van der Waals surface area (Å²) in [6, 6.07) is 10.2. The van der Waals surface area contributed by atoms with Gasteiger partial charge in [-0.3, -0.25) is 19.3 Å². The highest BCUT2D eigenvalue weighted by Gasteiger charge is 2.11. The van der Waals surface area contributed by atoms with Crippen LogP contribution in [0, 0.1) is 0 Å². The number of pyridine rings is 1. The van der Waals surface area contributed by atoms with Gasteiger partial charge in [-0.2, -0.15) is 5.10 Å². The predicted molar refractivity (Wildman–Crippen MR) is 99.1 cm³/mol. The van der Waals surface area contributed by atoms with E-state index in [4.69, 9.17) is 0 Å². The summed E-state index contributed by atoms with van der Waals surface area (Å²) in [7, 11) is 0. The molecule has 0 unspecified atom stereocenters. The molecule has 2 amide bonds. The van der Waals surface area contributed by atoms with E-state index in [2.05, 4.69) is 20.7 Å². The fourth-order valence-electron chi connectivity index (χ4n) is 2.41. The van der Waals surface area contributed by atoms with Gasteiger partial charge in [-0.05, 0) is 36.8 Å². The van der Waals surface area contributed by atoms with Crippen molar-refractivity contribution in [2.24, 2.45) is 0 Å². The quantitative estimate of drug-likeness (QED) is 0.715. The zero-order chi connectivity index (χ0) is 18.4. The highest BCUT2D eigenvalue weighted by atomic mass is 16.2. The molecule has 0 radical (unpaired) electrons. The molecule has 0 aliphatic heterocycles. The maximum absolute atomic E-state index is 12.3. The van der Waals surface area contributed by atoms with Crippen LogP contribution in [0.1, 0.15) is 34.1 Å². The van der Waals surface area contributed by atoms with E-state index in [9.17, 15) is 9.59 Å². The molecule has 0 spiro atoms. The molecule has 3 aromatic rings. The summed E-state index contributed by atoms with van der Waals surface area (Å²) in [6.07, 6.45) is 7.39. The van der Waals surface area contributed by atoms with E-state index in [1.807, 2.05) is 6.92 Å². The van der Waals surface area contributed by atoms with Crippen LogP contribution in [0.3, 0.4) is 0 Å². The van der Waals surface area contributed by atoms with Gasteiger partial charge in [0.15, 0.2) is 0 Å². The highest BCUT2D eigenvalue weighted by Crippen LogP contribution is 2.14. The van der Waals surface area contributed by atoms with E-state index >= 15 is 0 Å². The van der Waals surface area contributed by atoms with Crippen LogP contribution >= 0.6 is 0 Å². The third kappa shape index (κ3) is 4.32. The zero-order valence-corrected chi connectivity index (χ0v) is 14.3. The van der Waals surface area contributed by atoms with Gasteiger partial charge in [0.05, 0.1) is 11.8 Å². The first-order valence-corrected chi connectivity index (χ1v) is 8.31. The van der Waals surface area contributed by atoms with Gasteiger partial charge in [0.25, 0.3) is 11.8 Å².